The predicted octanol–water partition coefficient (Wildman–Crippen LogP) is 4.90. The molecule has 5 nitrogen and oxygen atoms in total. The van der Waals surface area contributed by atoms with Gasteiger partial charge in [-0.25, -0.2) is 8.42 Å². The Balaban J connectivity index is 1.92. The Morgan fingerprint density at radius 3 is 2.00 bits per heavy atom. The first kappa shape index (κ1) is 23.3. The molecule has 4 rings (SSSR count). The number of nitrogens with one attached hydrogen (secondary N) is 1. The van der Waals surface area contributed by atoms with Gasteiger partial charge in [-0.05, 0) is 28.8 Å². The van der Waals surface area contributed by atoms with Gasteiger partial charge in [0, 0.05) is 0 Å². The lowest BCUT2D eigenvalue weighted by Gasteiger charge is -2.32. The van der Waals surface area contributed by atoms with Crippen molar-refractivity contribution in [3.63, 3.8) is 0 Å². The van der Waals surface area contributed by atoms with E-state index >= 15 is 0 Å². The number of benzene rings is 3. The van der Waals surface area contributed by atoms with Gasteiger partial charge >= 0.3 is 15.5 Å². The van der Waals surface area contributed by atoms with Crippen molar-refractivity contribution in [3.8, 4) is 5.75 Å². The zero-order chi connectivity index (χ0) is 23.7. The molecule has 0 fully saturated rings. The van der Waals surface area contributed by atoms with Gasteiger partial charge in [0.15, 0.2) is 5.50 Å². The van der Waals surface area contributed by atoms with Crippen molar-refractivity contribution in [2.75, 3.05) is 7.11 Å². The van der Waals surface area contributed by atoms with E-state index in [0.717, 1.165) is 22.9 Å². The summed E-state index contributed by atoms with van der Waals surface area (Å²) >= 11 is 0.989. The topological polar surface area (TPSA) is 67.8 Å². The van der Waals surface area contributed by atoms with Crippen LogP contribution in [0.3, 0.4) is 0 Å². The first-order valence-electron chi connectivity index (χ1n) is 9.77. The van der Waals surface area contributed by atoms with Crippen molar-refractivity contribution in [1.82, 2.24) is 4.72 Å². The van der Waals surface area contributed by atoms with Crippen molar-refractivity contribution in [1.29, 1.82) is 0 Å². The van der Waals surface area contributed by atoms with Crippen LogP contribution in [0, 0.1) is 0 Å². The standard InChI is InChI=1S/C23H19F3N2O3S2/c1-31-19-14-12-18(13-15-19)22(17-10-6-3-7-11-17)20(16-8-4-2-5-9-16)27-21(32-22)28-33(29,30)23(24,25)26/h2-15,21,28H,1H3. The highest BCUT2D eigenvalue weighted by Crippen LogP contribution is 2.52. The smallest absolute Gasteiger partial charge is 0.497 e. The van der Waals surface area contributed by atoms with Gasteiger partial charge in [-0.3, -0.25) is 4.99 Å². The number of ether oxygens (including phenoxy) is 1. The zero-order valence-corrected chi connectivity index (χ0v) is 18.9. The van der Waals surface area contributed by atoms with Crippen LogP contribution in [-0.2, 0) is 14.8 Å². The number of sulfonamides is 1. The summed E-state index contributed by atoms with van der Waals surface area (Å²) < 4.78 is 69.0. The molecule has 0 amide bonds. The molecule has 33 heavy (non-hydrogen) atoms. The Bertz CT molecular complexity index is 1250. The molecular weight excluding hydrogens is 473 g/mol. The molecule has 0 saturated heterocycles. The molecule has 2 atom stereocenters. The molecule has 1 aliphatic rings. The minimum atomic E-state index is -5.61. The van der Waals surface area contributed by atoms with Crippen LogP contribution in [0.15, 0.2) is 89.9 Å². The lowest BCUT2D eigenvalue weighted by atomic mass is 9.83. The second-order valence-electron chi connectivity index (χ2n) is 7.16. The minimum absolute atomic E-state index is 0.444. The summed E-state index contributed by atoms with van der Waals surface area (Å²) in [5.41, 5.74) is -4.27. The molecular formula is C23H19F3N2O3S2. The number of hydrogen-bond acceptors (Lipinski definition) is 5. The normalized spacial score (nSPS) is 21.0. The van der Waals surface area contributed by atoms with Crippen molar-refractivity contribution in [2.24, 2.45) is 4.99 Å². The van der Waals surface area contributed by atoms with Gasteiger partial charge in [0.1, 0.15) is 10.5 Å². The lowest BCUT2D eigenvalue weighted by molar-refractivity contribution is -0.0448. The van der Waals surface area contributed by atoms with E-state index in [2.05, 4.69) is 4.99 Å². The molecule has 0 aliphatic carbocycles. The maximum Gasteiger partial charge on any atom is 0.511 e. The van der Waals surface area contributed by atoms with E-state index in [1.165, 1.54) is 7.11 Å². The van der Waals surface area contributed by atoms with E-state index in [-0.39, 0.29) is 0 Å². The molecule has 3 aromatic carbocycles. The average molecular weight is 493 g/mol. The summed E-state index contributed by atoms with van der Waals surface area (Å²) in [6.07, 6.45) is 0. The van der Waals surface area contributed by atoms with E-state index in [0.29, 0.717) is 17.0 Å². The van der Waals surface area contributed by atoms with Crippen molar-refractivity contribution >= 4 is 27.5 Å². The summed E-state index contributed by atoms with van der Waals surface area (Å²) in [4.78, 5) is 4.46. The molecule has 10 heteroatoms. The number of thioether (sulfide) groups is 1. The van der Waals surface area contributed by atoms with E-state index in [1.807, 2.05) is 36.4 Å². The number of hydrogen-bond donors (Lipinski definition) is 1. The summed E-state index contributed by atoms with van der Waals surface area (Å²) in [6.45, 7) is 0. The van der Waals surface area contributed by atoms with Gasteiger partial charge < -0.3 is 4.74 Å². The maximum atomic E-state index is 13.1. The van der Waals surface area contributed by atoms with E-state index < -0.39 is 25.8 Å². The zero-order valence-electron chi connectivity index (χ0n) is 17.3. The van der Waals surface area contributed by atoms with Crippen LogP contribution >= 0.6 is 11.8 Å². The van der Waals surface area contributed by atoms with Gasteiger partial charge in [0.25, 0.3) is 0 Å². The quantitative estimate of drug-likeness (QED) is 0.532. The van der Waals surface area contributed by atoms with E-state index in [9.17, 15) is 21.6 Å². The van der Waals surface area contributed by atoms with Crippen LogP contribution < -0.4 is 9.46 Å². The molecule has 0 aromatic heterocycles. The molecule has 0 bridgehead atoms. The van der Waals surface area contributed by atoms with E-state index in [4.69, 9.17) is 4.74 Å². The summed E-state index contributed by atoms with van der Waals surface area (Å²) in [6, 6.07) is 25.2. The predicted molar refractivity (Wildman–Crippen MR) is 123 cm³/mol. The van der Waals surface area contributed by atoms with Gasteiger partial charge in [0.05, 0.1) is 12.8 Å². The van der Waals surface area contributed by atoms with Crippen LogP contribution in [0.25, 0.3) is 0 Å². The highest BCUT2D eigenvalue weighted by atomic mass is 32.2. The van der Waals surface area contributed by atoms with Crippen molar-refractivity contribution in [2.45, 2.75) is 15.8 Å². The van der Waals surface area contributed by atoms with E-state index in [1.54, 1.807) is 53.3 Å². The molecule has 0 radical (unpaired) electrons. The van der Waals surface area contributed by atoms with Crippen LogP contribution in [0.2, 0.25) is 0 Å². The van der Waals surface area contributed by atoms with Gasteiger partial charge in [-0.15, -0.1) is 0 Å². The largest absolute Gasteiger partial charge is 0.511 e. The number of aliphatic imine (C=N–C) groups is 1. The third kappa shape index (κ3) is 4.38. The van der Waals surface area contributed by atoms with Gasteiger partial charge in [-0.1, -0.05) is 84.6 Å². The second kappa shape index (κ2) is 8.85. The molecule has 1 aliphatic heterocycles. The third-order valence-electron chi connectivity index (χ3n) is 5.15. The maximum absolute atomic E-state index is 13.1. The van der Waals surface area contributed by atoms with Crippen LogP contribution in [-0.4, -0.2) is 32.2 Å². The van der Waals surface area contributed by atoms with Crippen molar-refractivity contribution in [3.05, 3.63) is 102 Å². The fourth-order valence-corrected chi connectivity index (χ4v) is 6.00. The molecule has 2 unspecified atom stereocenters. The Labute approximate surface area is 193 Å². The highest BCUT2D eigenvalue weighted by Gasteiger charge is 2.52. The fraction of sp³-hybridized carbons (Fsp3) is 0.174. The monoisotopic (exact) mass is 492 g/mol. The molecule has 172 valence electrons. The Kier molecular flexibility index (Phi) is 6.26. The molecule has 1 N–H and O–H groups in total. The summed E-state index contributed by atoms with van der Waals surface area (Å²) in [5.74, 6) is 0.609. The minimum Gasteiger partial charge on any atom is -0.497 e. The first-order valence-corrected chi connectivity index (χ1v) is 12.1. The SMILES string of the molecule is COc1ccc(C2(c3ccccc3)SC(NS(=O)(=O)C(F)(F)F)N=C2c2ccccc2)cc1. The number of methoxy groups -OCH3 is 1. The molecule has 1 heterocycles. The molecule has 0 saturated carbocycles. The highest BCUT2D eigenvalue weighted by molar-refractivity contribution is 8.03. The van der Waals surface area contributed by atoms with Gasteiger partial charge in [-0.2, -0.15) is 17.9 Å². The Morgan fingerprint density at radius 2 is 1.45 bits per heavy atom. The second-order valence-corrected chi connectivity index (χ2v) is 10.2. The summed E-state index contributed by atoms with van der Waals surface area (Å²) in [5, 5.41) is 0. The van der Waals surface area contributed by atoms with Crippen LogP contribution in [0.1, 0.15) is 16.7 Å². The Hall–Kier alpha value is -2.82. The number of nitrogens with zero attached hydrogens (tertiary/aromatic N) is 1. The fourth-order valence-electron chi connectivity index (χ4n) is 3.66. The van der Waals surface area contributed by atoms with Crippen LogP contribution in [0.5, 0.6) is 5.75 Å². The molecule has 3 aromatic rings. The average Bonchev–Trinajstić information content (AvgIpc) is 3.19. The number of halogens is 3. The van der Waals surface area contributed by atoms with Gasteiger partial charge in [0.2, 0.25) is 0 Å². The number of alkyl halides is 3. The van der Waals surface area contributed by atoms with Crippen molar-refractivity contribution < 1.29 is 26.3 Å². The van der Waals surface area contributed by atoms with Crippen LogP contribution in [0.4, 0.5) is 13.2 Å². The summed E-state index contributed by atoms with van der Waals surface area (Å²) in [7, 11) is -4.08. The number of rotatable bonds is 6. The first-order chi connectivity index (χ1) is 15.7. The molecule has 0 spiro atoms. The third-order valence-corrected chi connectivity index (χ3v) is 7.91. The Morgan fingerprint density at radius 1 is 0.909 bits per heavy atom. The lowest BCUT2D eigenvalue weighted by Crippen LogP contribution is -2.40.